The minimum Gasteiger partial charge on any atom is -0.484 e. The third kappa shape index (κ3) is 7.26. The Morgan fingerprint density at radius 1 is 1.00 bits per heavy atom. The summed E-state index contributed by atoms with van der Waals surface area (Å²) in [6.07, 6.45) is 0.809. The summed E-state index contributed by atoms with van der Waals surface area (Å²) in [5, 5.41) is 4.13. The molecule has 0 aliphatic rings. The summed E-state index contributed by atoms with van der Waals surface area (Å²) in [5.41, 5.74) is 0.873. The Kier molecular flexibility index (Phi) is 8.80. The number of amides is 2. The van der Waals surface area contributed by atoms with Crippen molar-refractivity contribution in [3.05, 3.63) is 64.1 Å². The van der Waals surface area contributed by atoms with Crippen LogP contribution in [0.5, 0.6) is 5.75 Å². The van der Waals surface area contributed by atoms with Gasteiger partial charge in [0.25, 0.3) is 5.91 Å². The molecule has 0 aliphatic carbocycles. The lowest BCUT2D eigenvalue weighted by atomic mass is 10.1. The number of ether oxygens (including phenoxy) is 1. The van der Waals surface area contributed by atoms with Crippen molar-refractivity contribution >= 4 is 35.0 Å². The molecule has 0 fully saturated rings. The molecule has 0 saturated heterocycles. The highest BCUT2D eigenvalue weighted by Gasteiger charge is 2.27. The molecular weight excluding hydrogens is 411 g/mol. The number of halogens is 2. The van der Waals surface area contributed by atoms with Gasteiger partial charge in [0.05, 0.1) is 0 Å². The summed E-state index contributed by atoms with van der Waals surface area (Å²) in [5.74, 6) is 0.0424. The van der Waals surface area contributed by atoms with E-state index in [1.807, 2.05) is 26.0 Å². The minimum absolute atomic E-state index is 0.0303. The van der Waals surface area contributed by atoms with Crippen molar-refractivity contribution in [2.24, 2.45) is 0 Å². The molecule has 7 heteroatoms. The van der Waals surface area contributed by atoms with E-state index in [1.165, 1.54) is 4.90 Å². The molecule has 2 aromatic rings. The fourth-order valence-electron chi connectivity index (χ4n) is 2.59. The van der Waals surface area contributed by atoms with Gasteiger partial charge in [0, 0.05) is 22.6 Å². The molecular formula is C22H26Cl2N2O3. The first-order valence-corrected chi connectivity index (χ1v) is 10.3. The van der Waals surface area contributed by atoms with Gasteiger partial charge in [-0.1, -0.05) is 42.3 Å². The highest BCUT2D eigenvalue weighted by molar-refractivity contribution is 6.30. The van der Waals surface area contributed by atoms with Crippen LogP contribution in [0.2, 0.25) is 10.0 Å². The van der Waals surface area contributed by atoms with Crippen LogP contribution in [0.25, 0.3) is 0 Å². The second kappa shape index (κ2) is 11.1. The fraction of sp³-hybridized carbons (Fsp3) is 0.364. The zero-order chi connectivity index (χ0) is 21.4. The maximum absolute atomic E-state index is 12.9. The van der Waals surface area contributed by atoms with Crippen LogP contribution in [-0.2, 0) is 16.1 Å². The number of nitrogens with zero attached hydrogens (tertiary/aromatic N) is 1. The Balaban J connectivity index is 2.13. The zero-order valence-corrected chi connectivity index (χ0v) is 18.3. The standard InChI is InChI=1S/C22H26Cl2N2O3/c1-4-15(2)25-22(28)16(3)26(13-17-5-7-18(23)8-6-17)21(27)14-29-20-11-9-19(24)10-12-20/h5-12,15-16H,4,13-14H2,1-3H3,(H,25,28)/t15-,16+/m0/s1. The number of carbonyl (C=O) groups excluding carboxylic acids is 2. The van der Waals surface area contributed by atoms with Crippen LogP contribution < -0.4 is 10.1 Å². The Morgan fingerprint density at radius 3 is 2.10 bits per heavy atom. The number of hydrogen-bond donors (Lipinski definition) is 1. The molecule has 2 aromatic carbocycles. The van der Waals surface area contributed by atoms with Crippen molar-refractivity contribution in [1.29, 1.82) is 0 Å². The molecule has 0 saturated carbocycles. The second-order valence-corrected chi connectivity index (χ2v) is 7.76. The maximum Gasteiger partial charge on any atom is 0.261 e. The highest BCUT2D eigenvalue weighted by Crippen LogP contribution is 2.17. The Labute approximate surface area is 181 Å². The number of rotatable bonds is 9. The van der Waals surface area contributed by atoms with Gasteiger partial charge >= 0.3 is 0 Å². The molecule has 2 amide bonds. The predicted octanol–water partition coefficient (Wildman–Crippen LogP) is 4.70. The molecule has 0 aromatic heterocycles. The van der Waals surface area contributed by atoms with Crippen LogP contribution in [0.4, 0.5) is 0 Å². The van der Waals surface area contributed by atoms with Gasteiger partial charge in [-0.15, -0.1) is 0 Å². The van der Waals surface area contributed by atoms with E-state index < -0.39 is 6.04 Å². The lowest BCUT2D eigenvalue weighted by molar-refractivity contribution is -0.142. The number of hydrogen-bond acceptors (Lipinski definition) is 3. The number of nitrogens with one attached hydrogen (secondary N) is 1. The minimum atomic E-state index is -0.652. The van der Waals surface area contributed by atoms with Crippen LogP contribution in [0.1, 0.15) is 32.8 Å². The van der Waals surface area contributed by atoms with Crippen molar-refractivity contribution < 1.29 is 14.3 Å². The highest BCUT2D eigenvalue weighted by atomic mass is 35.5. The predicted molar refractivity (Wildman–Crippen MR) is 116 cm³/mol. The molecule has 2 atom stereocenters. The third-order valence-electron chi connectivity index (χ3n) is 4.61. The van der Waals surface area contributed by atoms with Gasteiger partial charge in [0.15, 0.2) is 6.61 Å². The van der Waals surface area contributed by atoms with Gasteiger partial charge in [-0.2, -0.15) is 0 Å². The molecule has 1 N–H and O–H groups in total. The van der Waals surface area contributed by atoms with Gasteiger partial charge < -0.3 is 15.0 Å². The summed E-state index contributed by atoms with van der Waals surface area (Å²) < 4.78 is 5.59. The first-order valence-electron chi connectivity index (χ1n) is 9.52. The first kappa shape index (κ1) is 23.0. The quantitative estimate of drug-likeness (QED) is 0.619. The zero-order valence-electron chi connectivity index (χ0n) is 16.8. The number of carbonyl (C=O) groups is 2. The van der Waals surface area contributed by atoms with Crippen LogP contribution in [0.15, 0.2) is 48.5 Å². The summed E-state index contributed by atoms with van der Waals surface area (Å²) >= 11 is 11.8. The lowest BCUT2D eigenvalue weighted by Gasteiger charge is -2.29. The molecule has 29 heavy (non-hydrogen) atoms. The van der Waals surface area contributed by atoms with Crippen molar-refractivity contribution in [2.75, 3.05) is 6.61 Å². The number of benzene rings is 2. The van der Waals surface area contributed by atoms with E-state index >= 15 is 0 Å². The third-order valence-corrected chi connectivity index (χ3v) is 5.11. The topological polar surface area (TPSA) is 58.6 Å². The molecule has 156 valence electrons. The normalized spacial score (nSPS) is 12.7. The molecule has 0 unspecified atom stereocenters. The monoisotopic (exact) mass is 436 g/mol. The summed E-state index contributed by atoms with van der Waals surface area (Å²) in [6, 6.07) is 13.3. The smallest absolute Gasteiger partial charge is 0.261 e. The molecule has 0 bridgehead atoms. The largest absolute Gasteiger partial charge is 0.484 e. The van der Waals surface area contributed by atoms with Gasteiger partial charge in [0.1, 0.15) is 11.8 Å². The van der Waals surface area contributed by atoms with Crippen LogP contribution >= 0.6 is 23.2 Å². The van der Waals surface area contributed by atoms with Crippen molar-refractivity contribution in [2.45, 2.75) is 45.8 Å². The molecule has 5 nitrogen and oxygen atoms in total. The van der Waals surface area contributed by atoms with Crippen LogP contribution in [0.3, 0.4) is 0 Å². The Bertz CT molecular complexity index is 810. The van der Waals surface area contributed by atoms with E-state index in [0.717, 1.165) is 12.0 Å². The fourth-order valence-corrected chi connectivity index (χ4v) is 2.85. The van der Waals surface area contributed by atoms with Crippen molar-refractivity contribution in [3.63, 3.8) is 0 Å². The lowest BCUT2D eigenvalue weighted by Crippen LogP contribution is -2.50. The van der Waals surface area contributed by atoms with E-state index in [0.29, 0.717) is 15.8 Å². The van der Waals surface area contributed by atoms with E-state index in [1.54, 1.807) is 43.3 Å². The van der Waals surface area contributed by atoms with Gasteiger partial charge in [-0.05, 0) is 62.2 Å². The van der Waals surface area contributed by atoms with E-state index in [2.05, 4.69) is 5.32 Å². The first-order chi connectivity index (χ1) is 13.8. The Morgan fingerprint density at radius 2 is 1.55 bits per heavy atom. The van der Waals surface area contributed by atoms with E-state index in [4.69, 9.17) is 27.9 Å². The van der Waals surface area contributed by atoms with Crippen molar-refractivity contribution in [1.82, 2.24) is 10.2 Å². The molecule has 0 heterocycles. The maximum atomic E-state index is 12.9. The van der Waals surface area contributed by atoms with Gasteiger partial charge in [0.2, 0.25) is 5.91 Å². The summed E-state index contributed by atoms with van der Waals surface area (Å²) in [6.45, 7) is 5.73. The molecule has 0 spiro atoms. The Hall–Kier alpha value is -2.24. The molecule has 0 aliphatic heterocycles. The average Bonchev–Trinajstić information content (AvgIpc) is 2.72. The SMILES string of the molecule is CC[C@H](C)NC(=O)[C@@H](C)N(Cc1ccc(Cl)cc1)C(=O)COc1ccc(Cl)cc1. The summed E-state index contributed by atoms with van der Waals surface area (Å²) in [4.78, 5) is 27.1. The van der Waals surface area contributed by atoms with E-state index in [-0.39, 0.29) is 31.0 Å². The second-order valence-electron chi connectivity index (χ2n) is 6.88. The van der Waals surface area contributed by atoms with Crippen LogP contribution in [0, 0.1) is 0 Å². The van der Waals surface area contributed by atoms with Crippen LogP contribution in [-0.4, -0.2) is 35.4 Å². The van der Waals surface area contributed by atoms with E-state index in [9.17, 15) is 9.59 Å². The molecule has 0 radical (unpaired) electrons. The molecule has 2 rings (SSSR count). The average molecular weight is 437 g/mol. The van der Waals surface area contributed by atoms with Gasteiger partial charge in [-0.25, -0.2) is 0 Å². The summed E-state index contributed by atoms with van der Waals surface area (Å²) in [7, 11) is 0. The van der Waals surface area contributed by atoms with Crippen molar-refractivity contribution in [3.8, 4) is 5.75 Å². The van der Waals surface area contributed by atoms with Gasteiger partial charge in [-0.3, -0.25) is 9.59 Å².